The Kier molecular flexibility index (Phi) is 3.08. The molecule has 0 unspecified atom stereocenters. The number of benzene rings is 1. The molecule has 17 heavy (non-hydrogen) atoms. The lowest BCUT2D eigenvalue weighted by molar-refractivity contribution is -0.115. The molecule has 1 aromatic carbocycles. The Morgan fingerprint density at radius 2 is 2.24 bits per heavy atom. The Balaban J connectivity index is 1.96. The molecule has 1 amide bonds. The molecule has 5 heteroatoms. The number of rotatable bonds is 2. The zero-order valence-electron chi connectivity index (χ0n) is 9.44. The Labute approximate surface area is 98.3 Å². The zero-order chi connectivity index (χ0) is 12.4. The molecule has 90 valence electrons. The Bertz CT molecular complexity index is 477. The van der Waals surface area contributed by atoms with E-state index in [-0.39, 0.29) is 17.8 Å². The first-order chi connectivity index (χ1) is 8.04. The molecule has 0 aliphatic heterocycles. The summed E-state index contributed by atoms with van der Waals surface area (Å²) in [4.78, 5) is 14.5. The summed E-state index contributed by atoms with van der Waals surface area (Å²) >= 11 is 0. The minimum atomic E-state index is -0.383. The zero-order valence-corrected chi connectivity index (χ0v) is 9.44. The number of carbonyl (C=O) groups excluding carboxylic acids is 1. The van der Waals surface area contributed by atoms with Gasteiger partial charge in [0.2, 0.25) is 5.91 Å². The molecule has 0 radical (unpaired) electrons. The number of aliphatic imine (C=N–C) groups is 1. The molecule has 0 saturated heterocycles. The first-order valence-corrected chi connectivity index (χ1v) is 5.33. The van der Waals surface area contributed by atoms with Gasteiger partial charge in [0.15, 0.2) is 0 Å². The fraction of sp³-hybridized carbons (Fsp3) is 0.333. The van der Waals surface area contributed by atoms with Crippen LogP contribution in [0.3, 0.4) is 0 Å². The topological polar surface area (TPSA) is 64.7 Å². The van der Waals surface area contributed by atoms with E-state index in [9.17, 15) is 9.18 Å². The molecule has 1 saturated carbocycles. The number of carbonyl (C=O) groups is 1. The third kappa shape index (κ3) is 2.81. The molecule has 0 heterocycles. The second-order valence-electron chi connectivity index (χ2n) is 4.03. The summed E-state index contributed by atoms with van der Waals surface area (Å²) in [5.41, 5.74) is 6.88. The molecular weight excluding hydrogens is 223 g/mol. The highest BCUT2D eigenvalue weighted by Gasteiger charge is 2.27. The van der Waals surface area contributed by atoms with Crippen LogP contribution in [-0.2, 0) is 4.79 Å². The van der Waals surface area contributed by atoms with Crippen molar-refractivity contribution in [3.05, 3.63) is 24.0 Å². The normalized spacial score (nSPS) is 18.5. The Morgan fingerprint density at radius 3 is 2.88 bits per heavy atom. The lowest BCUT2D eigenvalue weighted by atomic mass is 9.93. The van der Waals surface area contributed by atoms with Crippen LogP contribution in [0.15, 0.2) is 23.2 Å². The molecule has 1 fully saturated rings. The molecule has 1 aliphatic rings. The summed E-state index contributed by atoms with van der Waals surface area (Å²) in [6.45, 7) is 1.41. The van der Waals surface area contributed by atoms with E-state index in [2.05, 4.69) is 4.99 Å². The third-order valence-corrected chi connectivity index (χ3v) is 2.51. The van der Waals surface area contributed by atoms with E-state index in [0.29, 0.717) is 24.3 Å². The Morgan fingerprint density at radius 1 is 1.53 bits per heavy atom. The van der Waals surface area contributed by atoms with E-state index in [4.69, 9.17) is 10.5 Å². The molecule has 0 atom stereocenters. The average molecular weight is 236 g/mol. The lowest BCUT2D eigenvalue weighted by Crippen LogP contribution is -2.34. The van der Waals surface area contributed by atoms with Crippen LogP contribution in [0.1, 0.15) is 19.8 Å². The predicted molar refractivity (Wildman–Crippen MR) is 62.6 cm³/mol. The summed E-state index contributed by atoms with van der Waals surface area (Å²) in [7, 11) is 0. The minimum absolute atomic E-state index is 0.0720. The highest BCUT2D eigenvalue weighted by Crippen LogP contribution is 2.28. The van der Waals surface area contributed by atoms with Crippen LogP contribution in [0.4, 0.5) is 10.1 Å². The van der Waals surface area contributed by atoms with Gasteiger partial charge in [0.1, 0.15) is 17.7 Å². The standard InChI is InChI=1S/C12H13FN2O2/c1-7(16)15-9-5-10(6-9)17-12-4-8(13)2-3-11(12)14/h2-4,10H,5-6,14H2,1H3. The van der Waals surface area contributed by atoms with Gasteiger partial charge in [-0.3, -0.25) is 4.79 Å². The minimum Gasteiger partial charge on any atom is -0.487 e. The molecular formula is C12H13FN2O2. The average Bonchev–Trinajstić information content (AvgIpc) is 2.19. The molecule has 1 aromatic rings. The van der Waals surface area contributed by atoms with Gasteiger partial charge in [0.25, 0.3) is 0 Å². The van der Waals surface area contributed by atoms with Crippen molar-refractivity contribution < 1.29 is 13.9 Å². The third-order valence-electron chi connectivity index (χ3n) is 2.51. The van der Waals surface area contributed by atoms with Crippen molar-refractivity contribution in [2.24, 2.45) is 4.99 Å². The molecule has 2 N–H and O–H groups in total. The second-order valence-corrected chi connectivity index (χ2v) is 4.03. The van der Waals surface area contributed by atoms with Crippen LogP contribution >= 0.6 is 0 Å². The smallest absolute Gasteiger partial charge is 0.242 e. The van der Waals surface area contributed by atoms with E-state index in [1.54, 1.807) is 0 Å². The van der Waals surface area contributed by atoms with E-state index in [1.165, 1.54) is 25.1 Å². The van der Waals surface area contributed by atoms with Gasteiger partial charge in [-0.1, -0.05) is 0 Å². The number of anilines is 1. The molecule has 0 spiro atoms. The van der Waals surface area contributed by atoms with E-state index in [1.807, 2.05) is 0 Å². The monoisotopic (exact) mass is 236 g/mol. The number of hydrogen-bond acceptors (Lipinski definition) is 3. The number of hydrogen-bond donors (Lipinski definition) is 1. The van der Waals surface area contributed by atoms with Crippen molar-refractivity contribution in [1.82, 2.24) is 0 Å². The summed E-state index contributed by atoms with van der Waals surface area (Å²) in [6.07, 6.45) is 1.11. The van der Waals surface area contributed by atoms with Crippen LogP contribution in [0.2, 0.25) is 0 Å². The summed E-state index contributed by atoms with van der Waals surface area (Å²) in [5, 5.41) is 0. The highest BCUT2D eigenvalue weighted by atomic mass is 19.1. The van der Waals surface area contributed by atoms with Crippen LogP contribution in [0.5, 0.6) is 5.75 Å². The maximum Gasteiger partial charge on any atom is 0.242 e. The van der Waals surface area contributed by atoms with Crippen LogP contribution in [0, 0.1) is 5.82 Å². The van der Waals surface area contributed by atoms with Crippen LogP contribution in [-0.4, -0.2) is 17.7 Å². The van der Waals surface area contributed by atoms with Gasteiger partial charge >= 0.3 is 0 Å². The first kappa shape index (κ1) is 11.6. The van der Waals surface area contributed by atoms with Gasteiger partial charge in [0, 0.05) is 31.5 Å². The molecule has 0 aromatic heterocycles. The van der Waals surface area contributed by atoms with E-state index < -0.39 is 0 Å². The number of ether oxygens (including phenoxy) is 1. The molecule has 2 rings (SSSR count). The number of nitrogen functional groups attached to an aromatic ring is 1. The maximum absolute atomic E-state index is 13.0. The van der Waals surface area contributed by atoms with Gasteiger partial charge < -0.3 is 10.5 Å². The van der Waals surface area contributed by atoms with Gasteiger partial charge in [-0.2, -0.15) is 0 Å². The first-order valence-electron chi connectivity index (χ1n) is 5.33. The number of amides is 1. The van der Waals surface area contributed by atoms with Crippen molar-refractivity contribution >= 4 is 17.3 Å². The van der Waals surface area contributed by atoms with Crippen molar-refractivity contribution in [1.29, 1.82) is 0 Å². The van der Waals surface area contributed by atoms with E-state index in [0.717, 1.165) is 5.71 Å². The quantitative estimate of drug-likeness (QED) is 0.798. The summed E-state index contributed by atoms with van der Waals surface area (Å²) in [6, 6.07) is 4.01. The van der Waals surface area contributed by atoms with Gasteiger partial charge in [-0.25, -0.2) is 9.38 Å². The van der Waals surface area contributed by atoms with Crippen LogP contribution < -0.4 is 10.5 Å². The SMILES string of the molecule is CC(=O)N=C1CC(Oc2cc(F)ccc2N)C1. The van der Waals surface area contributed by atoms with Gasteiger partial charge in [-0.15, -0.1) is 0 Å². The largest absolute Gasteiger partial charge is 0.487 e. The number of halogens is 1. The lowest BCUT2D eigenvalue weighted by Gasteiger charge is -2.28. The number of nitrogens with zero attached hydrogens (tertiary/aromatic N) is 1. The summed E-state index contributed by atoms with van der Waals surface area (Å²) in [5.74, 6) is -0.244. The summed E-state index contributed by atoms with van der Waals surface area (Å²) < 4.78 is 18.5. The fourth-order valence-corrected chi connectivity index (χ4v) is 1.65. The van der Waals surface area contributed by atoms with Gasteiger partial charge in [-0.05, 0) is 12.1 Å². The van der Waals surface area contributed by atoms with E-state index >= 15 is 0 Å². The maximum atomic E-state index is 13.0. The van der Waals surface area contributed by atoms with Crippen molar-refractivity contribution in [3.63, 3.8) is 0 Å². The van der Waals surface area contributed by atoms with Crippen LogP contribution in [0.25, 0.3) is 0 Å². The van der Waals surface area contributed by atoms with Gasteiger partial charge in [0.05, 0.1) is 5.69 Å². The predicted octanol–water partition coefficient (Wildman–Crippen LogP) is 1.94. The molecule has 0 bridgehead atoms. The second kappa shape index (κ2) is 4.53. The Hall–Kier alpha value is -1.91. The molecule has 1 aliphatic carbocycles. The van der Waals surface area contributed by atoms with Crippen molar-refractivity contribution in [2.45, 2.75) is 25.9 Å². The fourth-order valence-electron chi connectivity index (χ4n) is 1.65. The van der Waals surface area contributed by atoms with Crippen molar-refractivity contribution in [3.8, 4) is 5.75 Å². The van der Waals surface area contributed by atoms with Crippen molar-refractivity contribution in [2.75, 3.05) is 5.73 Å². The molecule has 4 nitrogen and oxygen atoms in total. The highest BCUT2D eigenvalue weighted by molar-refractivity contribution is 5.99. The number of nitrogens with two attached hydrogens (primary N) is 1.